The number of fused-ring (bicyclic) bond motifs is 1. The molecule has 23 heavy (non-hydrogen) atoms. The van der Waals surface area contributed by atoms with E-state index in [2.05, 4.69) is 15.3 Å². The molecular formula is C17H15N3O2S. The summed E-state index contributed by atoms with van der Waals surface area (Å²) in [7, 11) is 0. The normalized spacial score (nSPS) is 10.7. The molecule has 5 nitrogen and oxygen atoms in total. The van der Waals surface area contributed by atoms with Crippen molar-refractivity contribution in [2.45, 2.75) is 13.3 Å². The van der Waals surface area contributed by atoms with Gasteiger partial charge in [-0.1, -0.05) is 25.1 Å². The molecule has 0 aliphatic heterocycles. The number of carbonyl (C=O) groups is 1. The molecule has 0 aliphatic carbocycles. The molecule has 0 spiro atoms. The molecule has 0 saturated heterocycles. The van der Waals surface area contributed by atoms with Crippen molar-refractivity contribution in [3.63, 3.8) is 0 Å². The number of hydrogen-bond acceptors (Lipinski definition) is 5. The lowest BCUT2D eigenvalue weighted by molar-refractivity contribution is 0.0949. The monoisotopic (exact) mass is 325 g/mol. The SMILES string of the molecule is CCCNC(=O)c1cccc(-c2nc(=O)c3ccccc3s2)n1. The molecule has 3 aromatic rings. The third kappa shape index (κ3) is 3.27. The minimum atomic E-state index is -0.281. The van der Waals surface area contributed by atoms with E-state index in [9.17, 15) is 9.59 Å². The van der Waals surface area contributed by atoms with E-state index in [0.29, 0.717) is 28.3 Å². The Kier molecular flexibility index (Phi) is 4.43. The summed E-state index contributed by atoms with van der Waals surface area (Å²) in [5.41, 5.74) is 0.574. The van der Waals surface area contributed by atoms with Crippen LogP contribution in [0.1, 0.15) is 23.8 Å². The Hall–Kier alpha value is -2.60. The summed E-state index contributed by atoms with van der Waals surface area (Å²) in [5.74, 6) is -0.221. The Morgan fingerprint density at radius 3 is 2.78 bits per heavy atom. The van der Waals surface area contributed by atoms with Crippen LogP contribution in [0.3, 0.4) is 0 Å². The Bertz CT molecular complexity index is 921. The van der Waals surface area contributed by atoms with Crippen LogP contribution < -0.4 is 10.9 Å². The zero-order valence-corrected chi connectivity index (χ0v) is 13.4. The molecule has 1 N–H and O–H groups in total. The van der Waals surface area contributed by atoms with Gasteiger partial charge < -0.3 is 5.32 Å². The van der Waals surface area contributed by atoms with Gasteiger partial charge in [-0.3, -0.25) is 9.59 Å². The fraction of sp³-hybridized carbons (Fsp3) is 0.176. The van der Waals surface area contributed by atoms with E-state index < -0.39 is 0 Å². The van der Waals surface area contributed by atoms with Gasteiger partial charge in [-0.15, -0.1) is 11.3 Å². The van der Waals surface area contributed by atoms with Crippen molar-refractivity contribution in [3.05, 3.63) is 58.5 Å². The van der Waals surface area contributed by atoms with Crippen LogP contribution in [0.15, 0.2) is 47.3 Å². The van der Waals surface area contributed by atoms with Crippen molar-refractivity contribution >= 4 is 27.3 Å². The molecule has 2 heterocycles. The second-order valence-corrected chi connectivity index (χ2v) is 6.01. The summed E-state index contributed by atoms with van der Waals surface area (Å²) in [6, 6.07) is 12.5. The third-order valence-corrected chi connectivity index (χ3v) is 4.33. The quantitative estimate of drug-likeness (QED) is 0.800. The number of carbonyl (C=O) groups excluding carboxylic acids is 1. The molecule has 116 valence electrons. The molecule has 0 bridgehead atoms. The summed E-state index contributed by atoms with van der Waals surface area (Å²) in [5, 5.41) is 3.90. The van der Waals surface area contributed by atoms with E-state index in [4.69, 9.17) is 0 Å². The first-order valence-electron chi connectivity index (χ1n) is 7.34. The number of benzene rings is 1. The Morgan fingerprint density at radius 1 is 1.13 bits per heavy atom. The largest absolute Gasteiger partial charge is 0.351 e. The van der Waals surface area contributed by atoms with Crippen molar-refractivity contribution in [1.29, 1.82) is 0 Å². The van der Waals surface area contributed by atoms with Crippen LogP contribution >= 0.6 is 11.3 Å². The predicted octanol–water partition coefficient (Wildman–Crippen LogP) is 2.86. The molecule has 0 radical (unpaired) electrons. The van der Waals surface area contributed by atoms with Gasteiger partial charge in [-0.05, 0) is 30.7 Å². The minimum Gasteiger partial charge on any atom is -0.351 e. The van der Waals surface area contributed by atoms with Gasteiger partial charge in [0.05, 0.1) is 11.1 Å². The molecule has 0 atom stereocenters. The maximum absolute atomic E-state index is 12.1. The fourth-order valence-corrected chi connectivity index (χ4v) is 3.10. The van der Waals surface area contributed by atoms with E-state index in [0.717, 1.165) is 11.1 Å². The Balaban J connectivity index is 2.02. The van der Waals surface area contributed by atoms with Gasteiger partial charge in [0.1, 0.15) is 10.7 Å². The second kappa shape index (κ2) is 6.66. The zero-order chi connectivity index (χ0) is 16.2. The second-order valence-electron chi connectivity index (χ2n) is 4.98. The average Bonchev–Trinajstić information content (AvgIpc) is 2.59. The number of amides is 1. The predicted molar refractivity (Wildman–Crippen MR) is 91.7 cm³/mol. The molecular weight excluding hydrogens is 310 g/mol. The van der Waals surface area contributed by atoms with Crippen LogP contribution in [-0.4, -0.2) is 22.4 Å². The summed E-state index contributed by atoms with van der Waals surface area (Å²) in [4.78, 5) is 32.6. The highest BCUT2D eigenvalue weighted by Gasteiger charge is 2.11. The maximum Gasteiger partial charge on any atom is 0.279 e. The maximum atomic E-state index is 12.1. The van der Waals surface area contributed by atoms with Crippen LogP contribution in [0.2, 0.25) is 0 Å². The Morgan fingerprint density at radius 2 is 1.96 bits per heavy atom. The zero-order valence-electron chi connectivity index (χ0n) is 12.6. The van der Waals surface area contributed by atoms with Crippen LogP contribution in [0.4, 0.5) is 0 Å². The van der Waals surface area contributed by atoms with E-state index in [1.54, 1.807) is 24.3 Å². The topological polar surface area (TPSA) is 72.0 Å². The standard InChI is InChI=1S/C17H15N3O2S/c1-2-10-18-16(22)12-7-5-8-13(19-12)17-20-15(21)11-6-3-4-9-14(11)23-17/h3-9H,2,10H2,1H3,(H,18,22). The fourth-order valence-electron chi connectivity index (χ4n) is 2.13. The molecule has 1 amide bonds. The molecule has 2 aromatic heterocycles. The first-order valence-corrected chi connectivity index (χ1v) is 8.16. The van der Waals surface area contributed by atoms with Crippen molar-refractivity contribution in [1.82, 2.24) is 15.3 Å². The lowest BCUT2D eigenvalue weighted by Gasteiger charge is -2.05. The smallest absolute Gasteiger partial charge is 0.279 e. The summed E-state index contributed by atoms with van der Waals surface area (Å²) >= 11 is 1.39. The molecule has 0 aliphatic rings. The van der Waals surface area contributed by atoms with Gasteiger partial charge in [-0.2, -0.15) is 4.98 Å². The van der Waals surface area contributed by atoms with Gasteiger partial charge in [0.15, 0.2) is 0 Å². The number of aromatic nitrogens is 2. The number of nitrogens with zero attached hydrogens (tertiary/aromatic N) is 2. The van der Waals surface area contributed by atoms with E-state index >= 15 is 0 Å². The number of rotatable bonds is 4. The highest BCUT2D eigenvalue weighted by molar-refractivity contribution is 7.21. The van der Waals surface area contributed by atoms with Crippen molar-refractivity contribution in [3.8, 4) is 10.7 Å². The van der Waals surface area contributed by atoms with Crippen LogP contribution in [0.25, 0.3) is 20.8 Å². The van der Waals surface area contributed by atoms with Crippen molar-refractivity contribution < 1.29 is 4.79 Å². The minimum absolute atomic E-state index is 0.221. The third-order valence-electron chi connectivity index (χ3n) is 3.26. The molecule has 3 rings (SSSR count). The van der Waals surface area contributed by atoms with Gasteiger partial charge in [0.25, 0.3) is 11.5 Å². The van der Waals surface area contributed by atoms with Crippen molar-refractivity contribution in [2.24, 2.45) is 0 Å². The molecule has 1 aromatic carbocycles. The van der Waals surface area contributed by atoms with E-state index in [-0.39, 0.29) is 11.5 Å². The molecule has 0 fully saturated rings. The van der Waals surface area contributed by atoms with Gasteiger partial charge >= 0.3 is 0 Å². The lowest BCUT2D eigenvalue weighted by Crippen LogP contribution is -2.25. The number of nitrogens with one attached hydrogen (secondary N) is 1. The number of hydrogen-bond donors (Lipinski definition) is 1. The summed E-state index contributed by atoms with van der Waals surface area (Å²) in [6.07, 6.45) is 0.860. The van der Waals surface area contributed by atoms with E-state index in [1.165, 1.54) is 11.3 Å². The van der Waals surface area contributed by atoms with Gasteiger partial charge in [-0.25, -0.2) is 4.98 Å². The molecule has 6 heteroatoms. The highest BCUT2D eigenvalue weighted by atomic mass is 32.1. The molecule has 0 unspecified atom stereocenters. The average molecular weight is 325 g/mol. The van der Waals surface area contributed by atoms with Crippen LogP contribution in [0.5, 0.6) is 0 Å². The summed E-state index contributed by atoms with van der Waals surface area (Å²) < 4.78 is 0.852. The van der Waals surface area contributed by atoms with Crippen LogP contribution in [-0.2, 0) is 0 Å². The van der Waals surface area contributed by atoms with Gasteiger partial charge in [0.2, 0.25) is 0 Å². The lowest BCUT2D eigenvalue weighted by atomic mass is 10.2. The number of pyridine rings is 1. The van der Waals surface area contributed by atoms with Crippen molar-refractivity contribution in [2.75, 3.05) is 6.54 Å². The van der Waals surface area contributed by atoms with Crippen LogP contribution in [0, 0.1) is 0 Å². The molecule has 0 saturated carbocycles. The van der Waals surface area contributed by atoms with E-state index in [1.807, 2.05) is 25.1 Å². The Labute approximate surface area is 137 Å². The summed E-state index contributed by atoms with van der Waals surface area (Å²) in [6.45, 7) is 2.59. The first kappa shape index (κ1) is 15.3. The first-order chi connectivity index (χ1) is 11.2. The van der Waals surface area contributed by atoms with Gasteiger partial charge in [0, 0.05) is 11.2 Å². The highest BCUT2D eigenvalue weighted by Crippen LogP contribution is 2.24.